The van der Waals surface area contributed by atoms with Crippen LogP contribution in [-0.4, -0.2) is 31.7 Å². The lowest BCUT2D eigenvalue weighted by Crippen LogP contribution is -2.48. The van der Waals surface area contributed by atoms with Crippen LogP contribution in [-0.2, 0) is 9.53 Å². The third kappa shape index (κ3) is 7.43. The first-order chi connectivity index (χ1) is 7.47. The Hall–Kier alpha value is -0.870. The molecule has 0 radical (unpaired) electrons. The summed E-state index contributed by atoms with van der Waals surface area (Å²) in [7, 11) is 1.56. The van der Waals surface area contributed by atoms with Crippen molar-refractivity contribution < 1.29 is 9.53 Å². The van der Waals surface area contributed by atoms with Gasteiger partial charge in [0.05, 0.1) is 6.61 Å². The Labute approximate surface area is 98.2 Å². The lowest BCUT2D eigenvalue weighted by molar-refractivity contribution is -0.121. The first-order valence-electron chi connectivity index (χ1n) is 5.65. The minimum atomic E-state index is -0.397. The van der Waals surface area contributed by atoms with Crippen molar-refractivity contribution in [1.29, 1.82) is 0 Å². The molecule has 3 N–H and O–H groups in total. The second-order valence-electron chi connectivity index (χ2n) is 4.34. The standard InChI is InChI=1S/C12H24N2O2/c1-9(2)6-5-7-10(3)14-11(8-16-4)12(13)15/h6,10-11,14H,5,7-8H2,1-4H3,(H2,13,15). The summed E-state index contributed by atoms with van der Waals surface area (Å²) in [5.74, 6) is -0.365. The van der Waals surface area contributed by atoms with Crippen LogP contribution in [0.25, 0.3) is 0 Å². The molecule has 16 heavy (non-hydrogen) atoms. The molecule has 0 aromatic carbocycles. The van der Waals surface area contributed by atoms with E-state index in [2.05, 4.69) is 25.2 Å². The van der Waals surface area contributed by atoms with Crippen molar-refractivity contribution in [3.63, 3.8) is 0 Å². The molecule has 0 bridgehead atoms. The minimum absolute atomic E-state index is 0.253. The summed E-state index contributed by atoms with van der Waals surface area (Å²) in [6, 6.07) is -0.144. The van der Waals surface area contributed by atoms with Gasteiger partial charge in [0.15, 0.2) is 0 Å². The van der Waals surface area contributed by atoms with E-state index in [-0.39, 0.29) is 11.9 Å². The predicted molar refractivity (Wildman–Crippen MR) is 66.1 cm³/mol. The summed E-state index contributed by atoms with van der Waals surface area (Å²) in [5.41, 5.74) is 6.57. The van der Waals surface area contributed by atoms with Crippen LogP contribution in [0.15, 0.2) is 11.6 Å². The highest BCUT2D eigenvalue weighted by atomic mass is 16.5. The zero-order chi connectivity index (χ0) is 12.6. The van der Waals surface area contributed by atoms with Gasteiger partial charge in [0, 0.05) is 13.2 Å². The Bertz CT molecular complexity index is 235. The fourth-order valence-corrected chi connectivity index (χ4v) is 1.43. The van der Waals surface area contributed by atoms with E-state index in [4.69, 9.17) is 10.5 Å². The Morgan fingerprint density at radius 1 is 1.50 bits per heavy atom. The monoisotopic (exact) mass is 228 g/mol. The molecule has 0 rings (SSSR count). The van der Waals surface area contributed by atoms with Gasteiger partial charge in [0.1, 0.15) is 6.04 Å². The Kier molecular flexibility index (Phi) is 7.85. The first kappa shape index (κ1) is 15.1. The highest BCUT2D eigenvalue weighted by Crippen LogP contribution is 2.02. The van der Waals surface area contributed by atoms with Crippen molar-refractivity contribution in [2.45, 2.75) is 45.7 Å². The van der Waals surface area contributed by atoms with Gasteiger partial charge in [-0.2, -0.15) is 0 Å². The van der Waals surface area contributed by atoms with Crippen LogP contribution < -0.4 is 11.1 Å². The Morgan fingerprint density at radius 3 is 2.56 bits per heavy atom. The molecule has 0 saturated heterocycles. The highest BCUT2D eigenvalue weighted by molar-refractivity contribution is 5.80. The molecule has 0 aliphatic carbocycles. The van der Waals surface area contributed by atoms with E-state index in [0.717, 1.165) is 12.8 Å². The van der Waals surface area contributed by atoms with Crippen molar-refractivity contribution >= 4 is 5.91 Å². The molecule has 0 fully saturated rings. The van der Waals surface area contributed by atoms with Gasteiger partial charge in [-0.1, -0.05) is 11.6 Å². The zero-order valence-corrected chi connectivity index (χ0v) is 10.7. The number of hydrogen-bond acceptors (Lipinski definition) is 3. The first-order valence-corrected chi connectivity index (χ1v) is 5.65. The van der Waals surface area contributed by atoms with Gasteiger partial charge < -0.3 is 15.8 Å². The maximum Gasteiger partial charge on any atom is 0.236 e. The maximum atomic E-state index is 11.1. The van der Waals surface area contributed by atoms with Gasteiger partial charge >= 0.3 is 0 Å². The molecule has 1 amide bonds. The van der Waals surface area contributed by atoms with Crippen LogP contribution in [0, 0.1) is 0 Å². The van der Waals surface area contributed by atoms with E-state index in [0.29, 0.717) is 6.61 Å². The summed E-state index contributed by atoms with van der Waals surface area (Å²) in [6.45, 7) is 6.53. The second kappa shape index (κ2) is 8.30. The molecule has 0 aliphatic rings. The average Bonchev–Trinajstić information content (AvgIpc) is 2.16. The Balaban J connectivity index is 3.95. The van der Waals surface area contributed by atoms with E-state index in [1.165, 1.54) is 5.57 Å². The number of primary amides is 1. The number of nitrogens with one attached hydrogen (secondary N) is 1. The molecule has 0 aliphatic heterocycles. The molecule has 0 spiro atoms. The van der Waals surface area contributed by atoms with Crippen molar-refractivity contribution in [2.75, 3.05) is 13.7 Å². The third-order valence-corrected chi connectivity index (χ3v) is 2.31. The van der Waals surface area contributed by atoms with E-state index in [1.54, 1.807) is 7.11 Å². The maximum absolute atomic E-state index is 11.1. The van der Waals surface area contributed by atoms with Crippen LogP contribution in [0.5, 0.6) is 0 Å². The summed E-state index contributed by atoms with van der Waals surface area (Å²) >= 11 is 0. The van der Waals surface area contributed by atoms with Crippen molar-refractivity contribution in [2.24, 2.45) is 5.73 Å². The van der Waals surface area contributed by atoms with Gasteiger partial charge in [-0.15, -0.1) is 0 Å². The molecular weight excluding hydrogens is 204 g/mol. The number of hydrogen-bond donors (Lipinski definition) is 2. The topological polar surface area (TPSA) is 64.3 Å². The van der Waals surface area contributed by atoms with Crippen molar-refractivity contribution in [3.8, 4) is 0 Å². The van der Waals surface area contributed by atoms with Crippen LogP contribution >= 0.6 is 0 Å². The fourth-order valence-electron chi connectivity index (χ4n) is 1.43. The van der Waals surface area contributed by atoms with Gasteiger partial charge in [-0.25, -0.2) is 0 Å². The number of nitrogens with two attached hydrogens (primary N) is 1. The van der Waals surface area contributed by atoms with Crippen LogP contribution in [0.3, 0.4) is 0 Å². The SMILES string of the molecule is COCC(NC(C)CCC=C(C)C)C(N)=O. The van der Waals surface area contributed by atoms with E-state index < -0.39 is 6.04 Å². The van der Waals surface area contributed by atoms with Crippen LogP contribution in [0.1, 0.15) is 33.6 Å². The molecule has 2 unspecified atom stereocenters. The second-order valence-corrected chi connectivity index (χ2v) is 4.34. The molecule has 0 saturated carbocycles. The molecular formula is C12H24N2O2. The molecule has 94 valence electrons. The van der Waals surface area contributed by atoms with Crippen LogP contribution in [0.2, 0.25) is 0 Å². The molecule has 4 nitrogen and oxygen atoms in total. The summed E-state index contributed by atoms with van der Waals surface area (Å²) < 4.78 is 4.93. The zero-order valence-electron chi connectivity index (χ0n) is 10.7. The molecule has 0 heterocycles. The van der Waals surface area contributed by atoms with Gasteiger partial charge in [0.2, 0.25) is 5.91 Å². The Morgan fingerprint density at radius 2 is 2.12 bits per heavy atom. The van der Waals surface area contributed by atoms with Crippen LogP contribution in [0.4, 0.5) is 0 Å². The molecule has 0 aromatic heterocycles. The minimum Gasteiger partial charge on any atom is -0.383 e. The van der Waals surface area contributed by atoms with E-state index in [9.17, 15) is 4.79 Å². The smallest absolute Gasteiger partial charge is 0.236 e. The number of carbonyl (C=O) groups excluding carboxylic acids is 1. The number of allylic oxidation sites excluding steroid dienone is 2. The lowest BCUT2D eigenvalue weighted by Gasteiger charge is -2.19. The quantitative estimate of drug-likeness (QED) is 0.614. The number of carbonyl (C=O) groups is 1. The number of ether oxygens (including phenoxy) is 1. The van der Waals surface area contributed by atoms with E-state index >= 15 is 0 Å². The highest BCUT2D eigenvalue weighted by Gasteiger charge is 2.16. The number of rotatable bonds is 8. The molecule has 4 heteroatoms. The van der Waals surface area contributed by atoms with Crippen molar-refractivity contribution in [1.82, 2.24) is 5.32 Å². The van der Waals surface area contributed by atoms with Gasteiger partial charge in [-0.05, 0) is 33.6 Å². The van der Waals surface area contributed by atoms with Gasteiger partial charge in [-0.3, -0.25) is 4.79 Å². The number of methoxy groups -OCH3 is 1. The average molecular weight is 228 g/mol. The largest absolute Gasteiger partial charge is 0.383 e. The molecule has 0 aromatic rings. The number of amides is 1. The lowest BCUT2D eigenvalue weighted by atomic mass is 10.1. The van der Waals surface area contributed by atoms with Crippen molar-refractivity contribution in [3.05, 3.63) is 11.6 Å². The van der Waals surface area contributed by atoms with E-state index in [1.807, 2.05) is 6.92 Å². The third-order valence-electron chi connectivity index (χ3n) is 2.31. The molecule has 2 atom stereocenters. The summed E-state index contributed by atoms with van der Waals surface area (Å²) in [5, 5.41) is 3.16. The summed E-state index contributed by atoms with van der Waals surface area (Å²) in [4.78, 5) is 11.1. The fraction of sp³-hybridized carbons (Fsp3) is 0.750. The van der Waals surface area contributed by atoms with Gasteiger partial charge in [0.25, 0.3) is 0 Å². The normalized spacial score (nSPS) is 14.2. The predicted octanol–water partition coefficient (Wildman–Crippen LogP) is 1.21. The summed E-state index contributed by atoms with van der Waals surface area (Å²) in [6.07, 6.45) is 4.18.